The summed E-state index contributed by atoms with van der Waals surface area (Å²) in [5.74, 6) is 0.218. The van der Waals surface area contributed by atoms with Crippen LogP contribution in [-0.2, 0) is 9.53 Å². The Balaban J connectivity index is 2.37. The predicted molar refractivity (Wildman–Crippen MR) is 36.4 cm³/mol. The molecule has 2 fully saturated rings. The van der Waals surface area contributed by atoms with Crippen molar-refractivity contribution in [2.45, 2.75) is 32.8 Å². The highest BCUT2D eigenvalue weighted by Gasteiger charge is 2.70. The number of ether oxygens (including phenoxy) is 1. The van der Waals surface area contributed by atoms with E-state index in [0.717, 1.165) is 6.42 Å². The molecule has 0 radical (unpaired) electrons. The van der Waals surface area contributed by atoms with Crippen LogP contribution >= 0.6 is 0 Å². The number of hydrogen-bond acceptors (Lipinski definition) is 2. The third-order valence-electron chi connectivity index (χ3n) is 3.25. The first-order valence-electron chi connectivity index (χ1n) is 3.70. The molecule has 1 heterocycles. The summed E-state index contributed by atoms with van der Waals surface area (Å²) in [5.41, 5.74) is -0.0567. The Labute approximate surface area is 60.6 Å². The normalized spacial score (nSPS) is 48.3. The predicted octanol–water partition coefficient (Wildman–Crippen LogP) is 1.35. The van der Waals surface area contributed by atoms with Gasteiger partial charge in [0, 0.05) is 5.41 Å². The van der Waals surface area contributed by atoms with Crippen LogP contribution < -0.4 is 0 Å². The van der Waals surface area contributed by atoms with Crippen molar-refractivity contribution in [3.8, 4) is 0 Å². The largest absolute Gasteiger partial charge is 0.459 e. The Morgan fingerprint density at radius 1 is 1.50 bits per heavy atom. The Kier molecular flexibility index (Phi) is 0.773. The molecule has 2 heteroatoms. The average Bonchev–Trinajstić information content (AvgIpc) is 2.37. The van der Waals surface area contributed by atoms with E-state index in [-0.39, 0.29) is 22.9 Å². The first-order chi connectivity index (χ1) is 4.47. The van der Waals surface area contributed by atoms with Crippen LogP contribution in [0.1, 0.15) is 27.2 Å². The number of fused-ring (bicyclic) bond motifs is 1. The molecule has 10 heavy (non-hydrogen) atoms. The molecular weight excluding hydrogens is 128 g/mol. The second-order valence-corrected chi connectivity index (χ2v) is 4.11. The molecule has 2 rings (SSSR count). The van der Waals surface area contributed by atoms with Gasteiger partial charge in [-0.2, -0.15) is 0 Å². The molecule has 0 N–H and O–H groups in total. The molecule has 1 saturated heterocycles. The smallest absolute Gasteiger partial charge is 0.310 e. The van der Waals surface area contributed by atoms with E-state index in [1.165, 1.54) is 0 Å². The lowest BCUT2D eigenvalue weighted by Crippen LogP contribution is -2.30. The fourth-order valence-electron chi connectivity index (χ4n) is 1.81. The van der Waals surface area contributed by atoms with Crippen LogP contribution in [0.5, 0.6) is 0 Å². The van der Waals surface area contributed by atoms with Crippen LogP contribution in [0.15, 0.2) is 0 Å². The summed E-state index contributed by atoms with van der Waals surface area (Å²) in [4.78, 5) is 11.0. The highest BCUT2D eigenvalue weighted by Crippen LogP contribution is 2.65. The summed E-state index contributed by atoms with van der Waals surface area (Å²) in [5, 5.41) is 0. The zero-order chi connectivity index (χ0) is 7.57. The number of carbonyl (C=O) groups excluding carboxylic acids is 1. The van der Waals surface area contributed by atoms with E-state index < -0.39 is 0 Å². The Bertz CT molecular complexity index is 205. The lowest BCUT2D eigenvalue weighted by Gasteiger charge is -2.25. The van der Waals surface area contributed by atoms with Crippen LogP contribution in [-0.4, -0.2) is 11.6 Å². The van der Waals surface area contributed by atoms with Crippen LogP contribution in [0, 0.1) is 11.3 Å². The third kappa shape index (κ3) is 0.446. The quantitative estimate of drug-likeness (QED) is 0.475. The molecular formula is C8H12O2. The van der Waals surface area contributed by atoms with Gasteiger partial charge in [-0.05, 0) is 20.3 Å². The van der Waals surface area contributed by atoms with Crippen molar-refractivity contribution < 1.29 is 9.53 Å². The summed E-state index contributed by atoms with van der Waals surface area (Å²) >= 11 is 0. The summed E-state index contributed by atoms with van der Waals surface area (Å²) in [6.45, 7) is 6.12. The van der Waals surface area contributed by atoms with E-state index in [0.29, 0.717) is 0 Å². The minimum atomic E-state index is -0.214. The van der Waals surface area contributed by atoms with Crippen molar-refractivity contribution in [2.75, 3.05) is 0 Å². The molecule has 56 valence electrons. The van der Waals surface area contributed by atoms with E-state index >= 15 is 0 Å². The molecule has 0 aromatic heterocycles. The van der Waals surface area contributed by atoms with Crippen molar-refractivity contribution in [1.82, 2.24) is 0 Å². The molecule has 0 spiro atoms. The van der Waals surface area contributed by atoms with Gasteiger partial charge in [-0.1, -0.05) is 6.92 Å². The summed E-state index contributed by atoms with van der Waals surface area (Å²) < 4.78 is 5.17. The molecule has 0 aromatic rings. The topological polar surface area (TPSA) is 26.3 Å². The number of cyclic esters (lactones) is 1. The van der Waals surface area contributed by atoms with E-state index in [2.05, 4.69) is 6.92 Å². The van der Waals surface area contributed by atoms with Crippen LogP contribution in [0.4, 0.5) is 0 Å². The molecule has 0 amide bonds. The van der Waals surface area contributed by atoms with Gasteiger partial charge in [-0.3, -0.25) is 4.79 Å². The fourth-order valence-corrected chi connectivity index (χ4v) is 1.81. The lowest BCUT2D eigenvalue weighted by molar-refractivity contribution is -0.152. The molecule has 1 saturated carbocycles. The minimum Gasteiger partial charge on any atom is -0.459 e. The SMILES string of the molecule is CC1(C)OC(=O)[C@H]2C[C@]21C. The van der Waals surface area contributed by atoms with Gasteiger partial charge in [-0.15, -0.1) is 0 Å². The van der Waals surface area contributed by atoms with Crippen molar-refractivity contribution in [1.29, 1.82) is 0 Å². The molecule has 2 aliphatic rings. The molecule has 1 aliphatic carbocycles. The Morgan fingerprint density at radius 2 is 2.10 bits per heavy atom. The maximum atomic E-state index is 11.0. The number of hydrogen-bond donors (Lipinski definition) is 0. The van der Waals surface area contributed by atoms with E-state index in [9.17, 15) is 4.79 Å². The van der Waals surface area contributed by atoms with Gasteiger partial charge in [0.05, 0.1) is 5.92 Å². The number of esters is 1. The van der Waals surface area contributed by atoms with Gasteiger partial charge in [0.2, 0.25) is 0 Å². The van der Waals surface area contributed by atoms with Gasteiger partial charge in [0.15, 0.2) is 0 Å². The molecule has 1 aliphatic heterocycles. The lowest BCUT2D eigenvalue weighted by atomic mass is 9.89. The second-order valence-electron chi connectivity index (χ2n) is 4.11. The van der Waals surface area contributed by atoms with E-state index in [1.807, 2.05) is 13.8 Å². The summed E-state index contributed by atoms with van der Waals surface area (Å²) in [7, 11) is 0. The Hall–Kier alpha value is -0.530. The maximum Gasteiger partial charge on any atom is 0.310 e. The van der Waals surface area contributed by atoms with Gasteiger partial charge in [0.25, 0.3) is 0 Å². The van der Waals surface area contributed by atoms with Crippen molar-refractivity contribution in [2.24, 2.45) is 11.3 Å². The van der Waals surface area contributed by atoms with Crippen molar-refractivity contribution in [3.63, 3.8) is 0 Å². The summed E-state index contributed by atoms with van der Waals surface area (Å²) in [6.07, 6.45) is 1.03. The molecule has 2 atom stereocenters. The summed E-state index contributed by atoms with van der Waals surface area (Å²) in [6, 6.07) is 0. The highest BCUT2D eigenvalue weighted by atomic mass is 16.6. The third-order valence-corrected chi connectivity index (χ3v) is 3.25. The van der Waals surface area contributed by atoms with Crippen molar-refractivity contribution in [3.05, 3.63) is 0 Å². The fraction of sp³-hybridized carbons (Fsp3) is 0.875. The van der Waals surface area contributed by atoms with Crippen molar-refractivity contribution >= 4 is 5.97 Å². The molecule has 0 bridgehead atoms. The van der Waals surface area contributed by atoms with Gasteiger partial charge < -0.3 is 4.74 Å². The van der Waals surface area contributed by atoms with Crippen LogP contribution in [0.3, 0.4) is 0 Å². The monoisotopic (exact) mass is 140 g/mol. The number of carbonyl (C=O) groups is 1. The highest BCUT2D eigenvalue weighted by molar-refractivity contribution is 5.81. The van der Waals surface area contributed by atoms with Gasteiger partial charge >= 0.3 is 5.97 Å². The zero-order valence-electron chi connectivity index (χ0n) is 6.60. The van der Waals surface area contributed by atoms with E-state index in [4.69, 9.17) is 4.74 Å². The first kappa shape index (κ1) is 6.20. The minimum absolute atomic E-state index is 0.00694. The van der Waals surface area contributed by atoms with Crippen LogP contribution in [0.25, 0.3) is 0 Å². The van der Waals surface area contributed by atoms with Crippen LogP contribution in [0.2, 0.25) is 0 Å². The first-order valence-corrected chi connectivity index (χ1v) is 3.70. The number of rotatable bonds is 0. The average molecular weight is 140 g/mol. The molecule has 0 unspecified atom stereocenters. The second kappa shape index (κ2) is 1.25. The molecule has 2 nitrogen and oxygen atoms in total. The zero-order valence-corrected chi connectivity index (χ0v) is 6.60. The maximum absolute atomic E-state index is 11.0. The van der Waals surface area contributed by atoms with Gasteiger partial charge in [0.1, 0.15) is 5.60 Å². The van der Waals surface area contributed by atoms with E-state index in [1.54, 1.807) is 0 Å². The molecule has 0 aromatic carbocycles. The Morgan fingerprint density at radius 3 is 2.20 bits per heavy atom. The van der Waals surface area contributed by atoms with Gasteiger partial charge in [-0.25, -0.2) is 0 Å². The standard InChI is InChI=1S/C8H12O2/c1-7(2)8(3)4-5(8)6(9)10-7/h5H,4H2,1-3H3/t5-,8-/m1/s1.